The van der Waals surface area contributed by atoms with Gasteiger partial charge in [-0.25, -0.2) is 0 Å². The Kier molecular flexibility index (Phi) is 4.98. The highest BCUT2D eigenvalue weighted by atomic mass is 35.5. The summed E-state index contributed by atoms with van der Waals surface area (Å²) in [6.07, 6.45) is 0. The molecule has 1 aliphatic heterocycles. The van der Waals surface area contributed by atoms with Crippen LogP contribution in [0.2, 0.25) is 5.02 Å². The van der Waals surface area contributed by atoms with Gasteiger partial charge in [-0.15, -0.1) is 10.2 Å². The van der Waals surface area contributed by atoms with E-state index in [9.17, 15) is 4.79 Å². The fourth-order valence-corrected chi connectivity index (χ4v) is 5.23. The van der Waals surface area contributed by atoms with Gasteiger partial charge in [-0.1, -0.05) is 31.5 Å². The van der Waals surface area contributed by atoms with Crippen molar-refractivity contribution in [3.8, 4) is 0 Å². The molecule has 1 saturated heterocycles. The smallest absolute Gasteiger partial charge is 0.267 e. The van der Waals surface area contributed by atoms with Gasteiger partial charge in [0, 0.05) is 38.2 Å². The fraction of sp³-hybridized carbons (Fsp3) is 0.375. The van der Waals surface area contributed by atoms with Crippen molar-refractivity contribution in [2.75, 3.05) is 20.1 Å². The molecule has 7 nitrogen and oxygen atoms in total. The molecule has 4 aromatic rings. The first-order valence-electron chi connectivity index (χ1n) is 10.8. The minimum atomic E-state index is -0.134. The maximum absolute atomic E-state index is 12.7. The molecular formula is C24H27ClN6O. The van der Waals surface area contributed by atoms with Gasteiger partial charge in [0.25, 0.3) is 5.91 Å². The van der Waals surface area contributed by atoms with Gasteiger partial charge in [-0.05, 0) is 53.8 Å². The van der Waals surface area contributed by atoms with Crippen molar-refractivity contribution in [1.82, 2.24) is 29.4 Å². The Morgan fingerprint density at radius 3 is 2.47 bits per heavy atom. The second-order valence-corrected chi connectivity index (χ2v) is 9.95. The van der Waals surface area contributed by atoms with Crippen LogP contribution >= 0.6 is 11.6 Å². The van der Waals surface area contributed by atoms with E-state index >= 15 is 0 Å². The second kappa shape index (κ2) is 7.60. The molecule has 0 aliphatic carbocycles. The number of rotatable bonds is 5. The average molecular weight is 451 g/mol. The molecule has 32 heavy (non-hydrogen) atoms. The van der Waals surface area contributed by atoms with Crippen LogP contribution in [0.1, 0.15) is 41.3 Å². The highest BCUT2D eigenvalue weighted by Gasteiger charge is 2.33. The SMILES string of the molecule is CNC(=O)c1cc2c(ccc3nnc(C)n32)n1Cc1cc(Cl)cc(CN2CC(C)(C)C2)c1. The van der Waals surface area contributed by atoms with E-state index < -0.39 is 0 Å². The monoisotopic (exact) mass is 450 g/mol. The van der Waals surface area contributed by atoms with E-state index in [0.29, 0.717) is 22.7 Å². The summed E-state index contributed by atoms with van der Waals surface area (Å²) in [4.78, 5) is 15.2. The number of carbonyl (C=O) groups excluding carboxylic acids is 1. The Hall–Kier alpha value is -2.90. The predicted octanol–water partition coefficient (Wildman–Crippen LogP) is 3.90. The molecule has 0 atom stereocenters. The minimum absolute atomic E-state index is 0.134. The highest BCUT2D eigenvalue weighted by molar-refractivity contribution is 6.30. The summed E-state index contributed by atoms with van der Waals surface area (Å²) < 4.78 is 4.02. The van der Waals surface area contributed by atoms with Crippen molar-refractivity contribution >= 4 is 34.2 Å². The molecule has 1 N–H and O–H groups in total. The number of carbonyl (C=O) groups is 1. The van der Waals surface area contributed by atoms with Crippen molar-refractivity contribution in [1.29, 1.82) is 0 Å². The Balaban J connectivity index is 1.55. The van der Waals surface area contributed by atoms with E-state index in [1.54, 1.807) is 7.05 Å². The van der Waals surface area contributed by atoms with Crippen LogP contribution in [-0.2, 0) is 13.1 Å². The van der Waals surface area contributed by atoms with Gasteiger partial charge < -0.3 is 9.88 Å². The number of pyridine rings is 1. The lowest BCUT2D eigenvalue weighted by Gasteiger charge is -2.46. The predicted molar refractivity (Wildman–Crippen MR) is 126 cm³/mol. The summed E-state index contributed by atoms with van der Waals surface area (Å²) in [6.45, 7) is 10.1. The van der Waals surface area contributed by atoms with Gasteiger partial charge >= 0.3 is 0 Å². The van der Waals surface area contributed by atoms with Crippen LogP contribution < -0.4 is 5.32 Å². The van der Waals surface area contributed by atoms with Gasteiger partial charge in [0.2, 0.25) is 0 Å². The molecule has 1 fully saturated rings. The van der Waals surface area contributed by atoms with Gasteiger partial charge in [0.05, 0.1) is 11.0 Å². The van der Waals surface area contributed by atoms with Gasteiger partial charge in [-0.3, -0.25) is 14.1 Å². The lowest BCUT2D eigenvalue weighted by Crippen LogP contribution is -2.52. The van der Waals surface area contributed by atoms with E-state index in [-0.39, 0.29) is 5.91 Å². The van der Waals surface area contributed by atoms with E-state index in [1.165, 1.54) is 5.56 Å². The molecule has 166 valence electrons. The number of amides is 1. The lowest BCUT2D eigenvalue weighted by atomic mass is 9.84. The van der Waals surface area contributed by atoms with Crippen LogP contribution in [0.25, 0.3) is 16.7 Å². The Labute approximate surface area is 192 Å². The number of halogens is 1. The number of nitrogens with one attached hydrogen (secondary N) is 1. The maximum atomic E-state index is 12.7. The van der Waals surface area contributed by atoms with Crippen LogP contribution in [-0.4, -0.2) is 50.1 Å². The molecule has 5 rings (SSSR count). The number of benzene rings is 1. The third-order valence-electron chi connectivity index (χ3n) is 6.13. The number of hydrogen-bond donors (Lipinski definition) is 1. The molecule has 1 amide bonds. The third kappa shape index (κ3) is 3.65. The van der Waals surface area contributed by atoms with E-state index in [4.69, 9.17) is 11.6 Å². The van der Waals surface area contributed by atoms with Gasteiger partial charge in [-0.2, -0.15) is 0 Å². The summed E-state index contributed by atoms with van der Waals surface area (Å²) in [7, 11) is 1.65. The summed E-state index contributed by atoms with van der Waals surface area (Å²) in [5.74, 6) is 0.652. The number of aryl methyl sites for hydroxylation is 1. The van der Waals surface area contributed by atoms with Crippen molar-refractivity contribution < 1.29 is 4.79 Å². The molecular weight excluding hydrogens is 424 g/mol. The molecule has 1 aliphatic rings. The zero-order chi connectivity index (χ0) is 22.6. The first-order valence-corrected chi connectivity index (χ1v) is 11.2. The molecule has 3 aromatic heterocycles. The Morgan fingerprint density at radius 2 is 1.78 bits per heavy atom. The summed E-state index contributed by atoms with van der Waals surface area (Å²) in [5.41, 5.74) is 5.86. The maximum Gasteiger partial charge on any atom is 0.267 e. The second-order valence-electron chi connectivity index (χ2n) is 9.52. The number of hydrogen-bond acceptors (Lipinski definition) is 4. The molecule has 0 unspecified atom stereocenters. The molecule has 0 bridgehead atoms. The first kappa shape index (κ1) is 21.0. The number of aromatic nitrogens is 4. The normalized spacial score (nSPS) is 15.9. The number of fused-ring (bicyclic) bond motifs is 3. The molecule has 1 aromatic carbocycles. The minimum Gasteiger partial charge on any atom is -0.354 e. The Bertz CT molecular complexity index is 1340. The molecule has 4 heterocycles. The van der Waals surface area contributed by atoms with Crippen LogP contribution in [0.3, 0.4) is 0 Å². The molecule has 0 saturated carbocycles. The van der Waals surface area contributed by atoms with Crippen molar-refractivity contribution in [3.63, 3.8) is 0 Å². The largest absolute Gasteiger partial charge is 0.354 e. The molecule has 0 radical (unpaired) electrons. The number of nitrogens with zero attached hydrogens (tertiary/aromatic N) is 5. The van der Waals surface area contributed by atoms with Crippen molar-refractivity contribution in [2.45, 2.75) is 33.9 Å². The zero-order valence-electron chi connectivity index (χ0n) is 18.8. The standard InChI is InChI=1S/C24H27ClN6O/c1-15-27-28-22-6-5-19-20(31(15)22)10-21(23(32)26-4)30(19)12-17-7-16(8-18(25)9-17)11-29-13-24(2,3)14-29/h5-10H,11-14H2,1-4H3,(H,26,32). The van der Waals surface area contributed by atoms with Crippen LogP contribution in [0.4, 0.5) is 0 Å². The number of likely N-dealkylation sites (tertiary alicyclic amines) is 1. The van der Waals surface area contributed by atoms with Crippen molar-refractivity contribution in [3.05, 3.63) is 64.1 Å². The summed E-state index contributed by atoms with van der Waals surface area (Å²) >= 11 is 6.50. The highest BCUT2D eigenvalue weighted by Crippen LogP contribution is 2.31. The van der Waals surface area contributed by atoms with Gasteiger partial charge in [0.15, 0.2) is 5.65 Å². The Morgan fingerprint density at radius 1 is 1.06 bits per heavy atom. The zero-order valence-corrected chi connectivity index (χ0v) is 19.6. The topological polar surface area (TPSA) is 67.5 Å². The van der Waals surface area contributed by atoms with Gasteiger partial charge in [0.1, 0.15) is 11.5 Å². The van der Waals surface area contributed by atoms with Crippen LogP contribution in [0, 0.1) is 12.3 Å². The van der Waals surface area contributed by atoms with Crippen LogP contribution in [0.5, 0.6) is 0 Å². The summed E-state index contributed by atoms with van der Waals surface area (Å²) in [5, 5.41) is 11.9. The summed E-state index contributed by atoms with van der Waals surface area (Å²) in [6, 6.07) is 12.0. The fourth-order valence-electron chi connectivity index (χ4n) is 4.95. The lowest BCUT2D eigenvalue weighted by molar-refractivity contribution is 0.0242. The van der Waals surface area contributed by atoms with E-state index in [2.05, 4.69) is 40.3 Å². The third-order valence-corrected chi connectivity index (χ3v) is 6.34. The van der Waals surface area contributed by atoms with Crippen LogP contribution in [0.15, 0.2) is 36.4 Å². The van der Waals surface area contributed by atoms with E-state index in [1.807, 2.05) is 46.2 Å². The molecule has 8 heteroatoms. The van der Waals surface area contributed by atoms with E-state index in [0.717, 1.165) is 47.7 Å². The molecule has 0 spiro atoms. The first-order chi connectivity index (χ1) is 15.2. The average Bonchev–Trinajstić information content (AvgIpc) is 3.26. The van der Waals surface area contributed by atoms with Crippen molar-refractivity contribution in [2.24, 2.45) is 5.41 Å². The quantitative estimate of drug-likeness (QED) is 0.500.